The van der Waals surface area contributed by atoms with E-state index in [4.69, 9.17) is 9.57 Å². The van der Waals surface area contributed by atoms with Crippen LogP contribution < -0.4 is 10.8 Å². The molecular weight excluding hydrogens is 743 g/mol. The molecule has 0 heterocycles. The number of hydrogen-bond donors (Lipinski definition) is 3. The Morgan fingerprint density at radius 1 is 0.946 bits per heavy atom. The second kappa shape index (κ2) is 17.7. The second-order valence-electron chi connectivity index (χ2n) is 16.8. The lowest BCUT2D eigenvalue weighted by Gasteiger charge is -2.39. The van der Waals surface area contributed by atoms with Gasteiger partial charge in [0, 0.05) is 25.2 Å². The van der Waals surface area contributed by atoms with Crippen molar-refractivity contribution in [1.29, 1.82) is 0 Å². The number of Topliss-reactive ketones (excluding diaryl/α,β-unsaturated/α-hetero) is 2. The number of nitrogens with zero attached hydrogens (tertiary/aromatic N) is 1. The van der Waals surface area contributed by atoms with Crippen LogP contribution in [0.1, 0.15) is 91.7 Å². The fourth-order valence-corrected chi connectivity index (χ4v) is 10.2. The van der Waals surface area contributed by atoms with Gasteiger partial charge in [0.2, 0.25) is 21.8 Å². The average Bonchev–Trinajstić information content (AvgIpc) is 3.43. The highest BCUT2D eigenvalue weighted by molar-refractivity contribution is 7.89. The van der Waals surface area contributed by atoms with Gasteiger partial charge in [-0.25, -0.2) is 18.7 Å². The number of carboxylic acid groups (broad SMARTS) is 1. The van der Waals surface area contributed by atoms with Crippen molar-refractivity contribution in [3.05, 3.63) is 71.8 Å². The first-order valence-corrected chi connectivity index (χ1v) is 20.5. The Morgan fingerprint density at radius 3 is 2.04 bits per heavy atom. The molecule has 0 spiro atoms. The van der Waals surface area contributed by atoms with Crippen molar-refractivity contribution in [2.45, 2.75) is 111 Å². The number of hydroxylamine groups is 1. The topological polar surface area (TPSA) is 203 Å². The standard InChI is InChI=1S/C41H55N3O11S/c1-26(2)30(22-34(46)43-54-24-28-16-12-9-13-17-28)37(50)42-31(23-35(47)48)36(49)32(20-27-14-10-8-11-15-27)44(38(51)55-39(3,4)5)56(52,53)25-41-19-18-29(21-33(41)45)40(41,6)7/h8-17,26,29-32H,18-25H2,1-7H3,(H,42,50)(H,43,46)(H,47,48). The number of aliphatic carboxylic acids is 1. The van der Waals surface area contributed by atoms with Crippen LogP contribution in [-0.4, -0.2) is 76.7 Å². The molecule has 2 bridgehead atoms. The van der Waals surface area contributed by atoms with E-state index >= 15 is 0 Å². The lowest BCUT2D eigenvalue weighted by molar-refractivity contribution is -0.143. The number of fused-ring (bicyclic) bond motifs is 2. The molecule has 56 heavy (non-hydrogen) atoms. The van der Waals surface area contributed by atoms with Crippen LogP contribution in [0.25, 0.3) is 0 Å². The van der Waals surface area contributed by atoms with Gasteiger partial charge in [0.05, 0.1) is 24.2 Å². The van der Waals surface area contributed by atoms with Crippen molar-refractivity contribution in [2.75, 3.05) is 5.75 Å². The number of rotatable bonds is 18. The summed E-state index contributed by atoms with van der Waals surface area (Å²) in [6.45, 7) is 11.7. The first-order chi connectivity index (χ1) is 26.1. The summed E-state index contributed by atoms with van der Waals surface area (Å²) >= 11 is 0. The summed E-state index contributed by atoms with van der Waals surface area (Å²) in [4.78, 5) is 86.8. The summed E-state index contributed by atoms with van der Waals surface area (Å²) < 4.78 is 35.5. The minimum Gasteiger partial charge on any atom is -0.481 e. The normalized spacial score (nSPS) is 20.5. The van der Waals surface area contributed by atoms with Crippen LogP contribution in [0.2, 0.25) is 0 Å². The van der Waals surface area contributed by atoms with E-state index in [9.17, 15) is 42.3 Å². The zero-order chi connectivity index (χ0) is 41.6. The van der Waals surface area contributed by atoms with Crippen molar-refractivity contribution in [3.8, 4) is 0 Å². The van der Waals surface area contributed by atoms with Crippen LogP contribution in [0.3, 0.4) is 0 Å². The largest absolute Gasteiger partial charge is 0.481 e. The van der Waals surface area contributed by atoms with Gasteiger partial charge >= 0.3 is 12.1 Å². The molecule has 14 nitrogen and oxygen atoms in total. The molecule has 3 N–H and O–H groups in total. The van der Waals surface area contributed by atoms with Crippen LogP contribution in [-0.2, 0) is 56.6 Å². The lowest BCUT2D eigenvalue weighted by atomic mass is 9.70. The van der Waals surface area contributed by atoms with E-state index in [1.54, 1.807) is 56.3 Å². The summed E-state index contributed by atoms with van der Waals surface area (Å²) in [5, 5.41) is 12.4. The quantitative estimate of drug-likeness (QED) is 0.171. The van der Waals surface area contributed by atoms with E-state index in [1.807, 2.05) is 32.0 Å². The van der Waals surface area contributed by atoms with Crippen LogP contribution in [0, 0.1) is 28.6 Å². The maximum atomic E-state index is 14.8. The van der Waals surface area contributed by atoms with Crippen molar-refractivity contribution >= 4 is 45.5 Å². The van der Waals surface area contributed by atoms with Crippen molar-refractivity contribution in [1.82, 2.24) is 15.1 Å². The van der Waals surface area contributed by atoms with Gasteiger partial charge in [-0.3, -0.25) is 28.8 Å². The fourth-order valence-electron chi connectivity index (χ4n) is 7.92. The third-order valence-electron chi connectivity index (χ3n) is 11.2. The molecule has 2 saturated carbocycles. The molecule has 2 aromatic rings. The third-order valence-corrected chi connectivity index (χ3v) is 13.0. The molecule has 5 atom stereocenters. The summed E-state index contributed by atoms with van der Waals surface area (Å²) in [7, 11) is -4.86. The number of hydrogen-bond acceptors (Lipinski definition) is 10. The molecule has 2 aliphatic rings. The predicted octanol–water partition coefficient (Wildman–Crippen LogP) is 5.00. The van der Waals surface area contributed by atoms with Gasteiger partial charge in [0.25, 0.3) is 0 Å². The maximum Gasteiger partial charge on any atom is 0.424 e. The number of carbonyl (C=O) groups excluding carboxylic acids is 5. The molecule has 4 rings (SSSR count). The van der Waals surface area contributed by atoms with E-state index in [2.05, 4.69) is 10.8 Å². The van der Waals surface area contributed by atoms with E-state index in [1.165, 1.54) is 20.8 Å². The molecule has 0 saturated heterocycles. The first kappa shape index (κ1) is 44.1. The smallest absolute Gasteiger partial charge is 0.424 e. The first-order valence-electron chi connectivity index (χ1n) is 18.9. The molecule has 0 aromatic heterocycles. The number of sulfonamides is 1. The van der Waals surface area contributed by atoms with Crippen molar-refractivity contribution in [3.63, 3.8) is 0 Å². The Morgan fingerprint density at radius 2 is 1.54 bits per heavy atom. The predicted molar refractivity (Wildman–Crippen MR) is 206 cm³/mol. The number of nitrogens with one attached hydrogen (secondary N) is 2. The minimum absolute atomic E-state index is 0.0523. The maximum absolute atomic E-state index is 14.8. The van der Waals surface area contributed by atoms with Crippen LogP contribution >= 0.6 is 0 Å². The Balaban J connectivity index is 1.70. The molecule has 3 amide bonds. The van der Waals surface area contributed by atoms with E-state index in [-0.39, 0.29) is 37.6 Å². The highest BCUT2D eigenvalue weighted by Gasteiger charge is 2.66. The van der Waals surface area contributed by atoms with Gasteiger partial charge in [-0.1, -0.05) is 88.4 Å². The van der Waals surface area contributed by atoms with Crippen LogP contribution in [0.15, 0.2) is 60.7 Å². The number of ether oxygens (including phenoxy) is 1. The molecular formula is C41H55N3O11S. The van der Waals surface area contributed by atoms with Crippen LogP contribution in [0.5, 0.6) is 0 Å². The molecule has 15 heteroatoms. The Kier molecular flexibility index (Phi) is 13.9. The molecule has 0 aliphatic heterocycles. The fraction of sp³-hybridized carbons (Fsp3) is 0.561. The number of ketones is 2. The Hall–Kier alpha value is -4.63. The van der Waals surface area contributed by atoms with Crippen molar-refractivity contribution < 1.29 is 51.9 Å². The minimum atomic E-state index is -4.86. The van der Waals surface area contributed by atoms with Crippen LogP contribution in [0.4, 0.5) is 4.79 Å². The van der Waals surface area contributed by atoms with E-state index in [0.717, 1.165) is 5.56 Å². The summed E-state index contributed by atoms with van der Waals surface area (Å²) in [6, 6.07) is 13.5. The second-order valence-corrected chi connectivity index (χ2v) is 18.7. The number of benzene rings is 2. The summed E-state index contributed by atoms with van der Waals surface area (Å²) in [5.74, 6) is -6.65. The zero-order valence-electron chi connectivity index (χ0n) is 33.2. The summed E-state index contributed by atoms with van der Waals surface area (Å²) in [5.41, 5.74) is 0.247. The SMILES string of the molecule is CC(C)C(CC(=O)NOCc1ccccc1)C(=O)NC(CC(=O)O)C(=O)C(Cc1ccccc1)N(C(=O)OC(C)(C)C)S(=O)(=O)CC12CCC(CC1=O)C2(C)C. The highest BCUT2D eigenvalue weighted by atomic mass is 32.2. The van der Waals surface area contributed by atoms with Gasteiger partial charge in [-0.05, 0) is 62.0 Å². The van der Waals surface area contributed by atoms with Gasteiger partial charge in [-0.15, -0.1) is 0 Å². The van der Waals surface area contributed by atoms with Gasteiger partial charge < -0.3 is 15.2 Å². The molecule has 2 aliphatic carbocycles. The monoisotopic (exact) mass is 797 g/mol. The molecule has 5 unspecified atom stereocenters. The summed E-state index contributed by atoms with van der Waals surface area (Å²) in [6.07, 6.45) is -2.03. The van der Waals surface area contributed by atoms with E-state index in [0.29, 0.717) is 16.3 Å². The molecule has 306 valence electrons. The number of carbonyl (C=O) groups is 6. The molecule has 2 aromatic carbocycles. The number of amides is 3. The zero-order valence-corrected chi connectivity index (χ0v) is 34.0. The average molecular weight is 798 g/mol. The molecule has 2 fully saturated rings. The van der Waals surface area contributed by atoms with Crippen molar-refractivity contribution in [2.24, 2.45) is 28.6 Å². The Labute approximate surface area is 329 Å². The third kappa shape index (κ3) is 10.4. The molecule has 0 radical (unpaired) electrons. The Bertz CT molecular complexity index is 1880. The van der Waals surface area contributed by atoms with Gasteiger partial charge in [0.1, 0.15) is 23.5 Å². The van der Waals surface area contributed by atoms with Gasteiger partial charge in [-0.2, -0.15) is 4.31 Å². The highest BCUT2D eigenvalue weighted by Crippen LogP contribution is 2.64. The number of carboxylic acids is 1. The van der Waals surface area contributed by atoms with Gasteiger partial charge in [0.15, 0.2) is 5.78 Å². The lowest BCUT2D eigenvalue weighted by Crippen LogP contribution is -2.59. The van der Waals surface area contributed by atoms with E-state index < -0.39 is 98.6 Å².